The van der Waals surface area contributed by atoms with Crippen LogP contribution in [-0.4, -0.2) is 28.4 Å². The maximum atomic E-state index is 13.5. The van der Waals surface area contributed by atoms with Gasteiger partial charge in [-0.25, -0.2) is 4.98 Å². The Kier molecular flexibility index (Phi) is 6.80. The smallest absolute Gasteiger partial charge is 0.301 e. The molecule has 1 saturated heterocycles. The molecule has 6 nitrogen and oxygen atoms in total. The number of Topliss-reactive ketones (excluding diaryl/α,β-unsaturated/α-hetero) is 1. The predicted molar refractivity (Wildman–Crippen MR) is 147 cm³/mol. The summed E-state index contributed by atoms with van der Waals surface area (Å²) in [5, 5.41) is 11.9. The molecule has 1 aromatic heterocycles. The summed E-state index contributed by atoms with van der Waals surface area (Å²) in [4.78, 5) is 33.1. The summed E-state index contributed by atoms with van der Waals surface area (Å²) in [5.74, 6) is -1.09. The van der Waals surface area contributed by atoms with Gasteiger partial charge in [-0.3, -0.25) is 14.5 Å². The first kappa shape index (κ1) is 24.7. The molecular formula is C30H28N2O4S. The zero-order chi connectivity index (χ0) is 26.1. The average Bonchev–Trinajstić information content (AvgIpc) is 3.44. The van der Waals surface area contributed by atoms with Gasteiger partial charge in [-0.2, -0.15) is 0 Å². The van der Waals surface area contributed by atoms with Crippen LogP contribution >= 0.6 is 11.3 Å². The lowest BCUT2D eigenvalue weighted by Crippen LogP contribution is -2.29. The van der Waals surface area contributed by atoms with Crippen LogP contribution < -0.4 is 9.64 Å². The number of fused-ring (bicyclic) bond motifs is 1. The zero-order valence-corrected chi connectivity index (χ0v) is 21.8. The topological polar surface area (TPSA) is 79.7 Å². The highest BCUT2D eigenvalue weighted by molar-refractivity contribution is 7.22. The first-order valence-corrected chi connectivity index (χ1v) is 13.2. The second kappa shape index (κ2) is 10.2. The highest BCUT2D eigenvalue weighted by atomic mass is 32.1. The van der Waals surface area contributed by atoms with Crippen LogP contribution in [0.1, 0.15) is 48.6 Å². The Morgan fingerprint density at radius 2 is 1.84 bits per heavy atom. The summed E-state index contributed by atoms with van der Waals surface area (Å²) in [6, 6.07) is 19.8. The van der Waals surface area contributed by atoms with Crippen molar-refractivity contribution in [1.29, 1.82) is 0 Å². The van der Waals surface area contributed by atoms with Crippen molar-refractivity contribution in [3.63, 3.8) is 0 Å². The van der Waals surface area contributed by atoms with Gasteiger partial charge in [0.15, 0.2) is 5.13 Å². The van der Waals surface area contributed by atoms with E-state index in [9.17, 15) is 14.7 Å². The van der Waals surface area contributed by atoms with Gasteiger partial charge in [0.1, 0.15) is 11.5 Å². The molecule has 4 aromatic rings. The molecule has 188 valence electrons. The van der Waals surface area contributed by atoms with Crippen LogP contribution in [0.2, 0.25) is 0 Å². The maximum absolute atomic E-state index is 13.5. The van der Waals surface area contributed by atoms with Crippen LogP contribution in [0.5, 0.6) is 5.75 Å². The maximum Gasteiger partial charge on any atom is 0.301 e. The van der Waals surface area contributed by atoms with Crippen LogP contribution in [0.4, 0.5) is 5.13 Å². The Morgan fingerprint density at radius 1 is 1.05 bits per heavy atom. The van der Waals surface area contributed by atoms with Crippen LogP contribution in [0.25, 0.3) is 16.0 Å². The number of anilines is 1. The number of rotatable bonds is 7. The van der Waals surface area contributed by atoms with Crippen LogP contribution in [0, 0.1) is 6.92 Å². The Labute approximate surface area is 219 Å². The number of hydrogen-bond acceptors (Lipinski definition) is 6. The molecular weight excluding hydrogens is 484 g/mol. The monoisotopic (exact) mass is 512 g/mol. The molecule has 1 aliphatic heterocycles. The van der Waals surface area contributed by atoms with Crippen LogP contribution in [0.3, 0.4) is 0 Å². The number of aryl methyl sites for hydroxylation is 2. The number of thiazole rings is 1. The molecule has 0 bridgehead atoms. The molecule has 37 heavy (non-hydrogen) atoms. The summed E-state index contributed by atoms with van der Waals surface area (Å²) in [5.41, 5.74) is 4.16. The van der Waals surface area contributed by atoms with Gasteiger partial charge in [0.05, 0.1) is 28.4 Å². The molecule has 1 amide bonds. The van der Waals surface area contributed by atoms with Gasteiger partial charge in [0, 0.05) is 5.56 Å². The number of aliphatic hydroxyl groups excluding tert-OH is 1. The highest BCUT2D eigenvalue weighted by Gasteiger charge is 2.48. The molecule has 3 aromatic carbocycles. The van der Waals surface area contributed by atoms with Crippen molar-refractivity contribution in [2.45, 2.75) is 39.7 Å². The Bertz CT molecular complexity index is 1520. The molecule has 1 unspecified atom stereocenters. The van der Waals surface area contributed by atoms with Crippen molar-refractivity contribution >= 4 is 44.1 Å². The summed E-state index contributed by atoms with van der Waals surface area (Å²) < 4.78 is 6.65. The fourth-order valence-corrected chi connectivity index (χ4v) is 5.60. The standard InChI is InChI=1S/C30H28N2O4S/c1-4-15-36-22-8-6-7-21(17-22)27(33)25-26(20-12-10-19(5-2)11-13-20)32(29(35)28(25)34)30-31-23-14-9-18(3)16-24(23)37-30/h6-14,16-17,26,33H,4-5,15H2,1-3H3/b27-25+. The number of aliphatic hydroxyl groups is 1. The van der Waals surface area contributed by atoms with E-state index in [1.165, 1.54) is 16.2 Å². The van der Waals surface area contributed by atoms with E-state index < -0.39 is 17.7 Å². The van der Waals surface area contributed by atoms with Gasteiger partial charge in [-0.1, -0.05) is 67.6 Å². The van der Waals surface area contributed by atoms with Crippen LogP contribution in [-0.2, 0) is 16.0 Å². The number of carbonyl (C=O) groups excluding carboxylic acids is 2. The number of ether oxygens (including phenoxy) is 1. The summed E-state index contributed by atoms with van der Waals surface area (Å²) in [6.45, 7) is 6.62. The number of ketones is 1. The van der Waals surface area contributed by atoms with E-state index in [4.69, 9.17) is 9.72 Å². The Morgan fingerprint density at radius 3 is 2.57 bits per heavy atom. The predicted octanol–water partition coefficient (Wildman–Crippen LogP) is 6.58. The molecule has 1 atom stereocenters. The number of nitrogens with zero attached hydrogens (tertiary/aromatic N) is 2. The number of amides is 1. The molecule has 0 saturated carbocycles. The van der Waals surface area contributed by atoms with Crippen molar-refractivity contribution in [2.75, 3.05) is 11.5 Å². The molecule has 1 aliphatic rings. The van der Waals surface area contributed by atoms with Crippen molar-refractivity contribution in [3.8, 4) is 5.75 Å². The van der Waals surface area contributed by atoms with E-state index in [1.807, 2.05) is 56.3 Å². The zero-order valence-electron chi connectivity index (χ0n) is 21.0. The lowest BCUT2D eigenvalue weighted by atomic mass is 9.94. The van der Waals surface area contributed by atoms with E-state index in [2.05, 4.69) is 6.92 Å². The third-order valence-electron chi connectivity index (χ3n) is 6.47. The number of hydrogen-bond donors (Lipinski definition) is 1. The normalized spacial score (nSPS) is 17.1. The van der Waals surface area contributed by atoms with Crippen LogP contribution in [0.15, 0.2) is 72.3 Å². The summed E-state index contributed by atoms with van der Waals surface area (Å²) in [6.07, 6.45) is 1.71. The SMILES string of the molecule is CCCOc1cccc(/C(O)=C2\C(=O)C(=O)N(c3nc4ccc(C)cc4s3)C2c2ccc(CC)cc2)c1. The van der Waals surface area contributed by atoms with E-state index in [0.717, 1.165) is 39.7 Å². The van der Waals surface area contributed by atoms with E-state index in [0.29, 0.717) is 23.1 Å². The molecule has 5 rings (SSSR count). The van der Waals surface area contributed by atoms with Crippen molar-refractivity contribution in [1.82, 2.24) is 4.98 Å². The molecule has 0 radical (unpaired) electrons. The minimum Gasteiger partial charge on any atom is -0.507 e. The van der Waals surface area contributed by atoms with Gasteiger partial charge in [0.25, 0.3) is 5.78 Å². The van der Waals surface area contributed by atoms with Crippen molar-refractivity contribution in [2.24, 2.45) is 0 Å². The van der Waals surface area contributed by atoms with Gasteiger partial charge < -0.3 is 9.84 Å². The Hall–Kier alpha value is -3.97. The van der Waals surface area contributed by atoms with Gasteiger partial charge >= 0.3 is 5.91 Å². The molecule has 1 N–H and O–H groups in total. The first-order valence-electron chi connectivity index (χ1n) is 12.4. The van der Waals surface area contributed by atoms with E-state index >= 15 is 0 Å². The van der Waals surface area contributed by atoms with Gasteiger partial charge in [0.2, 0.25) is 0 Å². The second-order valence-electron chi connectivity index (χ2n) is 9.11. The molecule has 0 spiro atoms. The fraction of sp³-hybridized carbons (Fsp3) is 0.233. The summed E-state index contributed by atoms with van der Waals surface area (Å²) >= 11 is 1.36. The molecule has 0 aliphatic carbocycles. The molecule has 7 heteroatoms. The second-order valence-corrected chi connectivity index (χ2v) is 10.1. The average molecular weight is 513 g/mol. The van der Waals surface area contributed by atoms with Crippen molar-refractivity contribution in [3.05, 3.63) is 94.6 Å². The molecule has 2 heterocycles. The fourth-order valence-electron chi connectivity index (χ4n) is 4.51. The lowest BCUT2D eigenvalue weighted by Gasteiger charge is -2.23. The number of carbonyl (C=O) groups is 2. The Balaban J connectivity index is 1.68. The first-order chi connectivity index (χ1) is 17.9. The quantitative estimate of drug-likeness (QED) is 0.172. The minimum atomic E-state index is -0.812. The molecule has 1 fully saturated rings. The van der Waals surface area contributed by atoms with Gasteiger partial charge in [-0.15, -0.1) is 0 Å². The third-order valence-corrected chi connectivity index (χ3v) is 7.48. The third kappa shape index (κ3) is 4.62. The van der Waals surface area contributed by atoms with Crippen molar-refractivity contribution < 1.29 is 19.4 Å². The van der Waals surface area contributed by atoms with Gasteiger partial charge in [-0.05, 0) is 60.7 Å². The minimum absolute atomic E-state index is 0.0392. The van der Waals surface area contributed by atoms with E-state index in [-0.39, 0.29) is 11.3 Å². The number of aromatic nitrogens is 1. The van der Waals surface area contributed by atoms with E-state index in [1.54, 1.807) is 24.3 Å². The largest absolute Gasteiger partial charge is 0.507 e. The lowest BCUT2D eigenvalue weighted by molar-refractivity contribution is -0.132. The highest BCUT2D eigenvalue weighted by Crippen LogP contribution is 2.44. The number of benzene rings is 3. The summed E-state index contributed by atoms with van der Waals surface area (Å²) in [7, 11) is 0.